The van der Waals surface area contributed by atoms with Crippen molar-refractivity contribution in [3.63, 3.8) is 0 Å². The van der Waals surface area contributed by atoms with E-state index in [0.717, 1.165) is 4.88 Å². The monoisotopic (exact) mass is 478 g/mol. The van der Waals surface area contributed by atoms with Crippen LogP contribution in [-0.2, 0) is 14.8 Å². The Morgan fingerprint density at radius 1 is 1.16 bits per heavy atom. The van der Waals surface area contributed by atoms with Crippen LogP contribution in [-0.4, -0.2) is 54.2 Å². The molecule has 12 heteroatoms. The minimum Gasteiger partial charge on any atom is -0.431 e. The SMILES string of the molecule is C[C@@H](Sc1nc2cc(S(=O)(=O)N3CCOCC3)ccc2o1)c1nnc(-c2cccs2)o1. The van der Waals surface area contributed by atoms with E-state index in [9.17, 15) is 8.42 Å². The van der Waals surface area contributed by atoms with Crippen molar-refractivity contribution in [3.05, 3.63) is 41.6 Å². The lowest BCUT2D eigenvalue weighted by molar-refractivity contribution is 0.0730. The highest BCUT2D eigenvalue weighted by Crippen LogP contribution is 2.37. The van der Waals surface area contributed by atoms with Crippen LogP contribution in [0.4, 0.5) is 0 Å². The van der Waals surface area contributed by atoms with E-state index in [0.29, 0.717) is 54.4 Å². The summed E-state index contributed by atoms with van der Waals surface area (Å²) in [6, 6.07) is 8.56. The molecular weight excluding hydrogens is 460 g/mol. The third kappa shape index (κ3) is 4.13. The fourth-order valence-electron chi connectivity index (χ4n) is 3.13. The van der Waals surface area contributed by atoms with Gasteiger partial charge < -0.3 is 13.6 Å². The zero-order valence-electron chi connectivity index (χ0n) is 16.4. The van der Waals surface area contributed by atoms with Crippen LogP contribution >= 0.6 is 23.1 Å². The zero-order chi connectivity index (χ0) is 21.4. The summed E-state index contributed by atoms with van der Waals surface area (Å²) in [5.41, 5.74) is 0.995. The van der Waals surface area contributed by atoms with Gasteiger partial charge in [-0.05, 0) is 36.6 Å². The summed E-state index contributed by atoms with van der Waals surface area (Å²) < 4.78 is 44.0. The Morgan fingerprint density at radius 3 is 2.77 bits per heavy atom. The molecule has 0 aliphatic carbocycles. The van der Waals surface area contributed by atoms with Gasteiger partial charge in [0, 0.05) is 13.1 Å². The second kappa shape index (κ2) is 8.36. The summed E-state index contributed by atoms with van der Waals surface area (Å²) in [5, 5.41) is 10.4. The Kier molecular flexibility index (Phi) is 5.56. The van der Waals surface area contributed by atoms with Gasteiger partial charge in [-0.3, -0.25) is 0 Å². The molecule has 9 nitrogen and oxygen atoms in total. The van der Waals surface area contributed by atoms with Crippen molar-refractivity contribution < 1.29 is 22.0 Å². The number of ether oxygens (including phenoxy) is 1. The molecule has 1 aliphatic heterocycles. The molecule has 3 aromatic heterocycles. The maximum Gasteiger partial charge on any atom is 0.257 e. The molecule has 0 N–H and O–H groups in total. The molecule has 4 aromatic rings. The minimum atomic E-state index is -3.60. The number of fused-ring (bicyclic) bond motifs is 1. The predicted octanol–water partition coefficient (Wildman–Crippen LogP) is 3.81. The number of aromatic nitrogens is 3. The van der Waals surface area contributed by atoms with Crippen LogP contribution in [0.15, 0.2) is 54.7 Å². The number of thioether (sulfide) groups is 1. The molecule has 5 rings (SSSR count). The van der Waals surface area contributed by atoms with Crippen molar-refractivity contribution >= 4 is 44.2 Å². The highest BCUT2D eigenvalue weighted by molar-refractivity contribution is 7.99. The van der Waals surface area contributed by atoms with Gasteiger partial charge in [0.2, 0.25) is 15.9 Å². The largest absolute Gasteiger partial charge is 0.431 e. The van der Waals surface area contributed by atoms with Crippen molar-refractivity contribution in [2.24, 2.45) is 0 Å². The first kappa shape index (κ1) is 20.6. The first-order valence-corrected chi connectivity index (χ1v) is 12.7. The van der Waals surface area contributed by atoms with Crippen LogP contribution < -0.4 is 0 Å². The van der Waals surface area contributed by atoms with Crippen molar-refractivity contribution in [1.29, 1.82) is 0 Å². The summed E-state index contributed by atoms with van der Waals surface area (Å²) in [4.78, 5) is 5.56. The molecule has 1 atom stereocenters. The van der Waals surface area contributed by atoms with Crippen molar-refractivity contribution in [2.75, 3.05) is 26.3 Å². The van der Waals surface area contributed by atoms with Gasteiger partial charge in [0.1, 0.15) is 5.52 Å². The molecule has 162 valence electrons. The lowest BCUT2D eigenvalue weighted by Crippen LogP contribution is -2.40. The number of hydrogen-bond donors (Lipinski definition) is 0. The molecule has 1 aliphatic rings. The summed E-state index contributed by atoms with van der Waals surface area (Å²) in [7, 11) is -3.60. The second-order valence-electron chi connectivity index (χ2n) is 6.81. The third-order valence-electron chi connectivity index (χ3n) is 4.75. The molecule has 0 unspecified atom stereocenters. The summed E-state index contributed by atoms with van der Waals surface area (Å²) in [6.45, 7) is 3.40. The molecule has 0 amide bonds. The molecule has 0 bridgehead atoms. The first-order chi connectivity index (χ1) is 15.0. The number of benzene rings is 1. The molecule has 1 saturated heterocycles. The Bertz CT molecular complexity index is 1290. The fraction of sp³-hybridized carbons (Fsp3) is 0.316. The number of hydrogen-bond acceptors (Lipinski definition) is 10. The summed E-state index contributed by atoms with van der Waals surface area (Å²) in [6.07, 6.45) is 0. The number of thiophene rings is 1. The summed E-state index contributed by atoms with van der Waals surface area (Å²) in [5.74, 6) is 0.944. The van der Waals surface area contributed by atoms with Crippen LogP contribution in [0.2, 0.25) is 0 Å². The second-order valence-corrected chi connectivity index (χ2v) is 11.0. The normalized spacial score (nSPS) is 16.7. The Morgan fingerprint density at radius 2 is 2.00 bits per heavy atom. The van der Waals surface area contributed by atoms with E-state index in [1.807, 2.05) is 24.4 Å². The van der Waals surface area contributed by atoms with E-state index >= 15 is 0 Å². The molecule has 0 spiro atoms. The van der Waals surface area contributed by atoms with Gasteiger partial charge >= 0.3 is 0 Å². The number of nitrogens with zero attached hydrogens (tertiary/aromatic N) is 4. The average molecular weight is 479 g/mol. The highest BCUT2D eigenvalue weighted by atomic mass is 32.2. The van der Waals surface area contributed by atoms with Gasteiger partial charge in [0.05, 0.1) is 28.2 Å². The van der Waals surface area contributed by atoms with Crippen molar-refractivity contribution in [2.45, 2.75) is 22.3 Å². The number of oxazole rings is 1. The number of morpholine rings is 1. The molecule has 31 heavy (non-hydrogen) atoms. The third-order valence-corrected chi connectivity index (χ3v) is 8.43. The van der Waals surface area contributed by atoms with E-state index < -0.39 is 10.0 Å². The van der Waals surface area contributed by atoms with Crippen molar-refractivity contribution in [1.82, 2.24) is 19.5 Å². The van der Waals surface area contributed by atoms with Crippen LogP contribution in [0, 0.1) is 0 Å². The van der Waals surface area contributed by atoms with E-state index in [-0.39, 0.29) is 10.1 Å². The van der Waals surface area contributed by atoms with Crippen molar-refractivity contribution in [3.8, 4) is 10.8 Å². The maximum atomic E-state index is 12.9. The molecule has 4 heterocycles. The van der Waals surface area contributed by atoms with E-state index in [4.69, 9.17) is 13.6 Å². The van der Waals surface area contributed by atoms with E-state index in [1.54, 1.807) is 18.2 Å². The zero-order valence-corrected chi connectivity index (χ0v) is 18.9. The number of rotatable bonds is 6. The van der Waals surface area contributed by atoms with Crippen LogP contribution in [0.1, 0.15) is 18.1 Å². The Labute approximate surface area is 186 Å². The lowest BCUT2D eigenvalue weighted by Gasteiger charge is -2.25. The molecule has 0 saturated carbocycles. The maximum absolute atomic E-state index is 12.9. The van der Waals surface area contributed by atoms with Gasteiger partial charge in [-0.25, -0.2) is 13.4 Å². The van der Waals surface area contributed by atoms with Crippen LogP contribution in [0.5, 0.6) is 0 Å². The smallest absolute Gasteiger partial charge is 0.257 e. The van der Waals surface area contributed by atoms with Gasteiger partial charge in [-0.15, -0.1) is 21.5 Å². The molecule has 0 radical (unpaired) electrons. The van der Waals surface area contributed by atoms with Gasteiger partial charge in [-0.2, -0.15) is 4.31 Å². The highest BCUT2D eigenvalue weighted by Gasteiger charge is 2.27. The topological polar surface area (TPSA) is 112 Å². The standard InChI is InChI=1S/C19H18N4O5S3/c1-12(17-21-22-18(28-17)16-3-2-10-29-16)30-19-20-14-11-13(4-5-15(14)27-19)31(24,25)23-6-8-26-9-7-23/h2-5,10-12H,6-9H2,1H3/t12-/m1/s1. The van der Waals surface area contributed by atoms with E-state index in [1.165, 1.54) is 27.4 Å². The van der Waals surface area contributed by atoms with Crippen LogP contribution in [0.3, 0.4) is 0 Å². The Hall–Kier alpha value is -2.25. The minimum absolute atomic E-state index is 0.189. The van der Waals surface area contributed by atoms with Gasteiger partial charge in [-0.1, -0.05) is 17.8 Å². The van der Waals surface area contributed by atoms with Gasteiger partial charge in [0.25, 0.3) is 11.1 Å². The lowest BCUT2D eigenvalue weighted by atomic mass is 10.3. The first-order valence-electron chi connectivity index (χ1n) is 9.53. The summed E-state index contributed by atoms with van der Waals surface area (Å²) >= 11 is 2.86. The fourth-order valence-corrected chi connectivity index (χ4v) is 5.99. The number of sulfonamides is 1. The van der Waals surface area contributed by atoms with Gasteiger partial charge in [0.15, 0.2) is 5.58 Å². The van der Waals surface area contributed by atoms with E-state index in [2.05, 4.69) is 15.2 Å². The Balaban J connectivity index is 1.35. The molecular formula is C19H18N4O5S3. The quantitative estimate of drug-likeness (QED) is 0.382. The molecule has 1 fully saturated rings. The average Bonchev–Trinajstić information content (AvgIpc) is 3.53. The molecule has 1 aromatic carbocycles. The predicted molar refractivity (Wildman–Crippen MR) is 115 cm³/mol. The van der Waals surface area contributed by atoms with Crippen LogP contribution in [0.25, 0.3) is 21.9 Å².